The van der Waals surface area contributed by atoms with Crippen molar-refractivity contribution in [1.82, 2.24) is 5.32 Å². The van der Waals surface area contributed by atoms with Gasteiger partial charge in [0.05, 0.1) is 32.0 Å². The van der Waals surface area contributed by atoms with Crippen LogP contribution in [0.4, 0.5) is 0 Å². The van der Waals surface area contributed by atoms with Gasteiger partial charge in [-0.25, -0.2) is 0 Å². The molecule has 12 unspecified atom stereocenters. The van der Waals surface area contributed by atoms with E-state index in [2.05, 4.69) is 19.2 Å². The minimum atomic E-state index is -1.79. The van der Waals surface area contributed by atoms with Crippen LogP contribution in [0.1, 0.15) is 284 Å². The van der Waals surface area contributed by atoms with Gasteiger partial charge in [-0.15, -0.1) is 0 Å². The van der Waals surface area contributed by atoms with Gasteiger partial charge < -0.3 is 65.1 Å². The first-order chi connectivity index (χ1) is 37.1. The van der Waals surface area contributed by atoms with Crippen LogP contribution in [0.5, 0.6) is 0 Å². The number of aliphatic hydroxyl groups is 8. The maximum Gasteiger partial charge on any atom is 0.220 e. The van der Waals surface area contributed by atoms with E-state index in [0.717, 1.165) is 38.5 Å². The molecule has 14 nitrogen and oxygen atoms in total. The second kappa shape index (κ2) is 48.4. The van der Waals surface area contributed by atoms with Gasteiger partial charge in [0.1, 0.15) is 48.8 Å². The lowest BCUT2D eigenvalue weighted by Gasteiger charge is -2.46. The second-order valence-corrected chi connectivity index (χ2v) is 22.9. The molecule has 9 N–H and O–H groups in total. The molecule has 0 bridgehead atoms. The van der Waals surface area contributed by atoms with Crippen LogP contribution in [0, 0.1) is 0 Å². The molecule has 2 fully saturated rings. The molecule has 450 valence electrons. The van der Waals surface area contributed by atoms with Crippen LogP contribution in [0.15, 0.2) is 12.2 Å². The Hall–Kier alpha value is -1.27. The number of carbonyl (C=O) groups is 1. The van der Waals surface area contributed by atoms with Crippen LogP contribution < -0.4 is 5.32 Å². The molecule has 12 atom stereocenters. The Balaban J connectivity index is 1.74. The molecule has 2 aliphatic rings. The first-order valence-corrected chi connectivity index (χ1v) is 31.9. The molecule has 0 saturated carbocycles. The number of nitrogens with one attached hydrogen (secondary N) is 1. The normalized spacial score (nSPS) is 24.9. The van der Waals surface area contributed by atoms with Gasteiger partial charge in [0.15, 0.2) is 12.6 Å². The summed E-state index contributed by atoms with van der Waals surface area (Å²) in [5, 5.41) is 87.2. The highest BCUT2D eigenvalue weighted by Crippen LogP contribution is 2.30. The Kier molecular flexibility index (Phi) is 45.1. The summed E-state index contributed by atoms with van der Waals surface area (Å²) in [5.41, 5.74) is 0. The van der Waals surface area contributed by atoms with Crippen molar-refractivity contribution in [3.05, 3.63) is 12.2 Å². The number of aliphatic hydroxyl groups excluding tert-OH is 8. The number of unbranched alkanes of at least 4 members (excludes halogenated alkanes) is 39. The summed E-state index contributed by atoms with van der Waals surface area (Å²) in [6, 6.07) is -0.910. The quantitative estimate of drug-likeness (QED) is 0.0204. The fraction of sp³-hybridized carbons (Fsp3) is 0.952. The monoisotopic (exact) mass is 1090 g/mol. The highest BCUT2D eigenvalue weighted by atomic mass is 16.7. The maximum atomic E-state index is 13.3. The zero-order valence-corrected chi connectivity index (χ0v) is 48.5. The molecule has 1 amide bonds. The minimum Gasteiger partial charge on any atom is -0.394 e. The summed E-state index contributed by atoms with van der Waals surface area (Å²) >= 11 is 0. The Morgan fingerprint density at radius 1 is 0.461 bits per heavy atom. The second-order valence-electron chi connectivity index (χ2n) is 22.9. The van der Waals surface area contributed by atoms with Crippen LogP contribution in [0.2, 0.25) is 0 Å². The van der Waals surface area contributed by atoms with Crippen LogP contribution in [-0.2, 0) is 23.7 Å². The molecule has 76 heavy (non-hydrogen) atoms. The van der Waals surface area contributed by atoms with Crippen molar-refractivity contribution >= 4 is 5.91 Å². The van der Waals surface area contributed by atoms with E-state index in [-0.39, 0.29) is 18.9 Å². The molecule has 0 aliphatic carbocycles. The molecule has 0 aromatic heterocycles. The third kappa shape index (κ3) is 33.5. The number of hydrogen-bond acceptors (Lipinski definition) is 13. The molecule has 2 saturated heterocycles. The molecule has 2 aliphatic heterocycles. The molecule has 14 heteroatoms. The largest absolute Gasteiger partial charge is 0.394 e. The number of ether oxygens (including phenoxy) is 4. The van der Waals surface area contributed by atoms with E-state index in [4.69, 9.17) is 18.9 Å². The van der Waals surface area contributed by atoms with E-state index in [1.54, 1.807) is 6.08 Å². The number of hydrogen-bond donors (Lipinski definition) is 9. The Bertz CT molecular complexity index is 1330. The molecule has 0 aromatic rings. The van der Waals surface area contributed by atoms with Gasteiger partial charge in [0, 0.05) is 6.42 Å². The standard InChI is InChI=1S/C62H119NO13/c1-3-5-7-9-11-13-15-17-19-21-23-25-26-27-29-31-33-35-37-39-41-43-45-51(66)50(63-54(67)46-44-42-40-38-36-34-32-30-28-24-22-20-18-16-14-12-10-8-6-4-2)49-73-61-59(72)57(70)60(53(48-65)75-61)76-62-58(71)56(69)55(68)52(47-64)74-62/h43,45,50-53,55-62,64-66,68-72H,3-42,44,46-49H2,1-2H3,(H,63,67)/b45-43+. The molecular weight excluding hydrogens is 967 g/mol. The van der Waals surface area contributed by atoms with Crippen molar-refractivity contribution in [1.29, 1.82) is 0 Å². The Morgan fingerprint density at radius 2 is 0.816 bits per heavy atom. The zero-order valence-electron chi connectivity index (χ0n) is 48.5. The third-order valence-corrected chi connectivity index (χ3v) is 16.0. The summed E-state index contributed by atoms with van der Waals surface area (Å²) in [6.07, 6.45) is 39.6. The minimum absolute atomic E-state index is 0.232. The lowest BCUT2D eigenvalue weighted by atomic mass is 9.97. The van der Waals surface area contributed by atoms with E-state index in [0.29, 0.717) is 6.42 Å². The number of allylic oxidation sites excluding steroid dienone is 1. The van der Waals surface area contributed by atoms with E-state index in [1.807, 2.05) is 6.08 Å². The van der Waals surface area contributed by atoms with Crippen molar-refractivity contribution < 1.29 is 64.6 Å². The molecule has 0 aromatic carbocycles. The summed E-state index contributed by atoms with van der Waals surface area (Å²) in [4.78, 5) is 13.3. The van der Waals surface area contributed by atoms with Gasteiger partial charge in [0.2, 0.25) is 5.91 Å². The van der Waals surface area contributed by atoms with Crippen LogP contribution >= 0.6 is 0 Å². The predicted octanol–water partition coefficient (Wildman–Crippen LogP) is 11.5. The number of rotatable bonds is 52. The van der Waals surface area contributed by atoms with Gasteiger partial charge in [-0.05, 0) is 19.3 Å². The average Bonchev–Trinajstić information content (AvgIpc) is 3.42. The molecule has 2 rings (SSSR count). The Morgan fingerprint density at radius 3 is 1.21 bits per heavy atom. The van der Waals surface area contributed by atoms with Crippen molar-refractivity contribution in [3.63, 3.8) is 0 Å². The van der Waals surface area contributed by atoms with Gasteiger partial charge >= 0.3 is 0 Å². The van der Waals surface area contributed by atoms with Gasteiger partial charge in [0.25, 0.3) is 0 Å². The fourth-order valence-electron chi connectivity index (χ4n) is 10.8. The van der Waals surface area contributed by atoms with Gasteiger partial charge in [-0.1, -0.05) is 270 Å². The summed E-state index contributed by atoms with van der Waals surface area (Å²) < 4.78 is 22.8. The Labute approximate surface area is 463 Å². The van der Waals surface area contributed by atoms with Crippen molar-refractivity contribution in [2.24, 2.45) is 0 Å². The fourth-order valence-corrected chi connectivity index (χ4v) is 10.8. The van der Waals surface area contributed by atoms with Crippen molar-refractivity contribution in [2.75, 3.05) is 19.8 Å². The van der Waals surface area contributed by atoms with Crippen LogP contribution in [0.25, 0.3) is 0 Å². The SMILES string of the molecule is CCCCCCCCCCCCCCCCCCCCCC/C=C/C(O)C(COC1OC(CO)C(OC2OC(CO)C(O)C(O)C2O)C(O)C1O)NC(=O)CCCCCCCCCCCCCCCCCCCCCC. The molecule has 0 radical (unpaired) electrons. The van der Waals surface area contributed by atoms with E-state index in [1.165, 1.54) is 218 Å². The molecular formula is C62H119NO13. The summed E-state index contributed by atoms with van der Waals surface area (Å²) in [7, 11) is 0. The first-order valence-electron chi connectivity index (χ1n) is 31.9. The smallest absolute Gasteiger partial charge is 0.220 e. The number of carbonyl (C=O) groups excluding carboxylic acids is 1. The van der Waals surface area contributed by atoms with Crippen LogP contribution in [-0.4, -0.2) is 140 Å². The van der Waals surface area contributed by atoms with Crippen molar-refractivity contribution in [3.8, 4) is 0 Å². The summed E-state index contributed by atoms with van der Waals surface area (Å²) in [5.74, 6) is -0.232. The third-order valence-electron chi connectivity index (χ3n) is 16.0. The van der Waals surface area contributed by atoms with E-state index < -0.39 is 86.8 Å². The van der Waals surface area contributed by atoms with Gasteiger partial charge in [-0.2, -0.15) is 0 Å². The lowest BCUT2D eigenvalue weighted by molar-refractivity contribution is -0.359. The maximum absolute atomic E-state index is 13.3. The predicted molar refractivity (Wildman–Crippen MR) is 305 cm³/mol. The van der Waals surface area contributed by atoms with Gasteiger partial charge in [-0.3, -0.25) is 4.79 Å². The number of amides is 1. The first kappa shape index (κ1) is 70.8. The molecule has 0 spiro atoms. The highest BCUT2D eigenvalue weighted by molar-refractivity contribution is 5.76. The topological polar surface area (TPSA) is 228 Å². The van der Waals surface area contributed by atoms with Crippen molar-refractivity contribution in [2.45, 2.75) is 357 Å². The van der Waals surface area contributed by atoms with Crippen LogP contribution in [0.3, 0.4) is 0 Å². The average molecular weight is 1090 g/mol. The summed E-state index contributed by atoms with van der Waals surface area (Å²) in [6.45, 7) is 2.85. The zero-order chi connectivity index (χ0) is 55.3. The highest BCUT2D eigenvalue weighted by Gasteiger charge is 2.51. The molecule has 2 heterocycles. The lowest BCUT2D eigenvalue weighted by Crippen LogP contribution is -2.65. The van der Waals surface area contributed by atoms with E-state index in [9.17, 15) is 45.6 Å². The van der Waals surface area contributed by atoms with E-state index >= 15 is 0 Å².